The Bertz CT molecular complexity index is 873. The Kier molecular flexibility index (Phi) is 3.85. The first-order valence-electron chi connectivity index (χ1n) is 7.01. The van der Waals surface area contributed by atoms with Gasteiger partial charge in [-0.15, -0.1) is 0 Å². The minimum atomic E-state index is -0.380. The van der Waals surface area contributed by atoms with Crippen LogP contribution in [0.15, 0.2) is 14.7 Å². The zero-order chi connectivity index (χ0) is 16.0. The molecule has 3 heterocycles. The molecular formula is C13H17N5O2S2. The summed E-state index contributed by atoms with van der Waals surface area (Å²) in [6.07, 6.45) is 2.30. The number of thioether (sulfide) groups is 1. The van der Waals surface area contributed by atoms with Crippen molar-refractivity contribution in [2.45, 2.75) is 18.0 Å². The third-order valence-corrected chi connectivity index (χ3v) is 5.47. The number of thiocarbonyl (C=S) groups is 1. The molecule has 2 aromatic heterocycles. The molecule has 0 aliphatic carbocycles. The van der Waals surface area contributed by atoms with Gasteiger partial charge in [-0.1, -0.05) is 12.2 Å². The van der Waals surface area contributed by atoms with Gasteiger partial charge in [-0.25, -0.2) is 9.78 Å². The van der Waals surface area contributed by atoms with Crippen LogP contribution in [0.5, 0.6) is 0 Å². The molecule has 0 saturated carbocycles. The molecule has 3 rings (SSSR count). The lowest BCUT2D eigenvalue weighted by atomic mass is 10.4. The van der Waals surface area contributed by atoms with Gasteiger partial charge in [0.1, 0.15) is 4.32 Å². The number of imidazole rings is 1. The lowest BCUT2D eigenvalue weighted by Gasteiger charge is -2.16. The average Bonchev–Trinajstić information content (AvgIpc) is 3.12. The predicted octanol–water partition coefficient (Wildman–Crippen LogP) is 0.443. The van der Waals surface area contributed by atoms with Gasteiger partial charge in [0.25, 0.3) is 5.56 Å². The van der Waals surface area contributed by atoms with Crippen LogP contribution in [0, 0.1) is 0 Å². The highest BCUT2D eigenvalue weighted by Gasteiger charge is 2.21. The molecule has 0 amide bonds. The first-order valence-corrected chi connectivity index (χ1v) is 8.23. The fourth-order valence-electron chi connectivity index (χ4n) is 2.63. The maximum Gasteiger partial charge on any atom is 0.332 e. The Balaban J connectivity index is 2.09. The molecule has 118 valence electrons. The number of nitrogens with zero attached hydrogens (tertiary/aromatic N) is 5. The van der Waals surface area contributed by atoms with Crippen molar-refractivity contribution in [2.24, 2.45) is 21.1 Å². The quantitative estimate of drug-likeness (QED) is 0.555. The van der Waals surface area contributed by atoms with Gasteiger partial charge in [0, 0.05) is 34.2 Å². The van der Waals surface area contributed by atoms with E-state index in [4.69, 9.17) is 12.2 Å². The monoisotopic (exact) mass is 339 g/mol. The molecule has 1 saturated heterocycles. The number of aromatic nitrogens is 4. The van der Waals surface area contributed by atoms with Crippen LogP contribution in [0.25, 0.3) is 11.2 Å². The highest BCUT2D eigenvalue weighted by atomic mass is 32.2. The number of aryl methyl sites for hydroxylation is 2. The summed E-state index contributed by atoms with van der Waals surface area (Å²) in [6.45, 7) is 1.94. The average molecular weight is 339 g/mol. The summed E-state index contributed by atoms with van der Waals surface area (Å²) in [7, 11) is 4.86. The lowest BCUT2D eigenvalue weighted by molar-refractivity contribution is 0.539. The van der Waals surface area contributed by atoms with E-state index in [1.807, 2.05) is 0 Å². The molecule has 0 radical (unpaired) electrons. The van der Waals surface area contributed by atoms with Crippen molar-refractivity contribution in [3.63, 3.8) is 0 Å². The van der Waals surface area contributed by atoms with Crippen LogP contribution in [0.1, 0.15) is 12.8 Å². The molecule has 0 aromatic carbocycles. The molecule has 0 bridgehead atoms. The lowest BCUT2D eigenvalue weighted by Crippen LogP contribution is -2.37. The van der Waals surface area contributed by atoms with Gasteiger partial charge in [-0.2, -0.15) is 0 Å². The summed E-state index contributed by atoms with van der Waals surface area (Å²) in [6, 6.07) is 0. The fourth-order valence-corrected chi connectivity index (χ4v) is 3.87. The molecule has 0 spiro atoms. The van der Waals surface area contributed by atoms with Crippen molar-refractivity contribution < 1.29 is 0 Å². The molecule has 2 aromatic rings. The van der Waals surface area contributed by atoms with Crippen LogP contribution >= 0.6 is 24.0 Å². The highest BCUT2D eigenvalue weighted by Crippen LogP contribution is 2.25. The van der Waals surface area contributed by atoms with Gasteiger partial charge >= 0.3 is 5.69 Å². The third-order valence-electron chi connectivity index (χ3n) is 3.98. The predicted molar refractivity (Wildman–Crippen MR) is 90.5 cm³/mol. The second-order valence-corrected chi connectivity index (χ2v) is 6.99. The van der Waals surface area contributed by atoms with Crippen LogP contribution in [0.4, 0.5) is 0 Å². The molecule has 0 atom stereocenters. The van der Waals surface area contributed by atoms with Crippen LogP contribution in [-0.4, -0.2) is 41.0 Å². The highest BCUT2D eigenvalue weighted by molar-refractivity contribution is 8.22. The van der Waals surface area contributed by atoms with Gasteiger partial charge in [0.2, 0.25) is 0 Å². The number of fused-ring (bicyclic) bond motifs is 1. The number of hydrogen-bond donors (Lipinski definition) is 0. The van der Waals surface area contributed by atoms with Crippen LogP contribution < -0.4 is 11.2 Å². The smallest absolute Gasteiger partial charge is 0.332 e. The minimum Gasteiger partial charge on any atom is -0.357 e. The number of rotatable bonds is 1. The zero-order valence-electron chi connectivity index (χ0n) is 12.7. The van der Waals surface area contributed by atoms with E-state index in [2.05, 4.69) is 9.88 Å². The van der Waals surface area contributed by atoms with Crippen molar-refractivity contribution in [3.8, 4) is 0 Å². The Labute approximate surface area is 136 Å². The molecule has 9 heteroatoms. The first kappa shape index (κ1) is 15.3. The molecule has 1 aliphatic heterocycles. The largest absolute Gasteiger partial charge is 0.357 e. The van der Waals surface area contributed by atoms with Gasteiger partial charge in [0.05, 0.1) is 0 Å². The molecule has 0 unspecified atom stereocenters. The van der Waals surface area contributed by atoms with E-state index in [-0.39, 0.29) is 11.2 Å². The van der Waals surface area contributed by atoms with Crippen molar-refractivity contribution in [3.05, 3.63) is 20.8 Å². The van der Waals surface area contributed by atoms with E-state index < -0.39 is 0 Å². The summed E-state index contributed by atoms with van der Waals surface area (Å²) in [4.78, 5) is 30.9. The van der Waals surface area contributed by atoms with E-state index in [1.54, 1.807) is 18.7 Å². The SMILES string of the molecule is Cn1c(=O)c2c(nc(SC(=S)N3CCCC3)n2C)n(C)c1=O. The molecule has 7 nitrogen and oxygen atoms in total. The second-order valence-electron chi connectivity index (χ2n) is 5.39. The van der Waals surface area contributed by atoms with E-state index >= 15 is 0 Å². The standard InChI is InChI=1S/C13H17N5O2S2/c1-15-8-9(16(2)12(20)17(3)10(8)19)14-11(15)22-13(21)18-6-4-5-7-18/h4-7H2,1-3H3. The summed E-state index contributed by atoms with van der Waals surface area (Å²) in [5.41, 5.74) is 0.0833. The van der Waals surface area contributed by atoms with Crippen LogP contribution in [0.3, 0.4) is 0 Å². The summed E-state index contributed by atoms with van der Waals surface area (Å²) in [5, 5.41) is 0.630. The van der Waals surface area contributed by atoms with Gasteiger partial charge in [-0.05, 0) is 24.6 Å². The number of hydrogen-bond acceptors (Lipinski definition) is 5. The minimum absolute atomic E-state index is 0.341. The molecule has 0 N–H and O–H groups in total. The van der Waals surface area contributed by atoms with E-state index in [0.717, 1.165) is 34.8 Å². The van der Waals surface area contributed by atoms with E-state index in [1.165, 1.54) is 23.4 Å². The van der Waals surface area contributed by atoms with E-state index in [9.17, 15) is 9.59 Å². The fraction of sp³-hybridized carbons (Fsp3) is 0.538. The maximum atomic E-state index is 12.3. The van der Waals surface area contributed by atoms with E-state index in [0.29, 0.717) is 16.3 Å². The second kappa shape index (κ2) is 5.54. The molecular weight excluding hydrogens is 322 g/mol. The normalized spacial score (nSPS) is 15.0. The van der Waals surface area contributed by atoms with Crippen molar-refractivity contribution in [1.82, 2.24) is 23.6 Å². The Morgan fingerprint density at radius 2 is 1.73 bits per heavy atom. The summed E-state index contributed by atoms with van der Waals surface area (Å²) < 4.78 is 4.96. The summed E-state index contributed by atoms with van der Waals surface area (Å²) in [5.74, 6) is 0. The zero-order valence-corrected chi connectivity index (χ0v) is 14.3. The Hall–Kier alpha value is -1.61. The van der Waals surface area contributed by atoms with Crippen molar-refractivity contribution >= 4 is 39.5 Å². The van der Waals surface area contributed by atoms with Gasteiger partial charge in [-0.3, -0.25) is 13.9 Å². The first-order chi connectivity index (χ1) is 10.4. The van der Waals surface area contributed by atoms with Crippen LogP contribution in [0.2, 0.25) is 0 Å². The Morgan fingerprint density at radius 1 is 1.09 bits per heavy atom. The maximum absolute atomic E-state index is 12.3. The topological polar surface area (TPSA) is 65.1 Å². The van der Waals surface area contributed by atoms with Crippen LogP contribution in [-0.2, 0) is 21.1 Å². The summed E-state index contributed by atoms with van der Waals surface area (Å²) >= 11 is 6.83. The number of likely N-dealkylation sites (tertiary alicyclic amines) is 1. The van der Waals surface area contributed by atoms with Gasteiger partial charge < -0.3 is 9.47 Å². The molecule has 22 heavy (non-hydrogen) atoms. The molecule has 1 aliphatic rings. The third kappa shape index (κ3) is 2.28. The van der Waals surface area contributed by atoms with Crippen molar-refractivity contribution in [2.75, 3.05) is 13.1 Å². The molecule has 1 fully saturated rings. The van der Waals surface area contributed by atoms with Crippen molar-refractivity contribution in [1.29, 1.82) is 0 Å². The van der Waals surface area contributed by atoms with Gasteiger partial charge in [0.15, 0.2) is 16.3 Å². The Morgan fingerprint density at radius 3 is 2.36 bits per heavy atom.